The normalized spacial score (nSPS) is 21.6. The van der Waals surface area contributed by atoms with Crippen LogP contribution in [0.1, 0.15) is 49.1 Å². The molecule has 0 aliphatic carbocycles. The van der Waals surface area contributed by atoms with E-state index in [1.54, 1.807) is 13.8 Å². The molecule has 0 amide bonds. The van der Waals surface area contributed by atoms with Gasteiger partial charge >= 0.3 is 5.97 Å². The second-order valence-electron chi connectivity index (χ2n) is 6.83. The first-order chi connectivity index (χ1) is 13.0. The van der Waals surface area contributed by atoms with Gasteiger partial charge in [0.2, 0.25) is 0 Å². The number of carbonyl (C=O) groups excluding carboxylic acids is 1. The van der Waals surface area contributed by atoms with Gasteiger partial charge < -0.3 is 9.82 Å². The molecular weight excluding hydrogens is 357 g/mol. The Labute approximate surface area is 161 Å². The molecule has 2 aromatic rings. The SMILES string of the molecule is CCOC(=O)/C=C(/C)NP1(=O)[C@H](c2ccccc2)CC[C@H]1c1ccccc1. The summed E-state index contributed by atoms with van der Waals surface area (Å²) < 4.78 is 19.3. The van der Waals surface area contributed by atoms with E-state index < -0.39 is 13.3 Å². The first kappa shape index (κ1) is 19.4. The number of ether oxygens (including phenoxy) is 1. The zero-order valence-corrected chi connectivity index (χ0v) is 16.7. The average molecular weight is 383 g/mol. The Hall–Kier alpha value is -2.32. The van der Waals surface area contributed by atoms with Crippen LogP contribution in [0.15, 0.2) is 72.4 Å². The molecule has 3 rings (SSSR count). The number of esters is 1. The quantitative estimate of drug-likeness (QED) is 0.401. The predicted octanol–water partition coefficient (Wildman–Crippen LogP) is 5.60. The van der Waals surface area contributed by atoms with Gasteiger partial charge in [-0.1, -0.05) is 60.7 Å². The molecule has 1 aliphatic heterocycles. The maximum atomic E-state index is 14.3. The molecule has 27 heavy (non-hydrogen) atoms. The Bertz CT molecular complexity index is 797. The molecule has 1 saturated heterocycles. The molecule has 0 saturated carbocycles. The Kier molecular flexibility index (Phi) is 6.18. The van der Waals surface area contributed by atoms with Gasteiger partial charge in [-0.25, -0.2) is 4.79 Å². The summed E-state index contributed by atoms with van der Waals surface area (Å²) in [6.45, 7) is 3.86. The summed E-state index contributed by atoms with van der Waals surface area (Å²) in [7, 11) is -2.89. The van der Waals surface area contributed by atoms with E-state index in [0.29, 0.717) is 12.3 Å². The van der Waals surface area contributed by atoms with E-state index in [-0.39, 0.29) is 11.3 Å². The number of hydrogen-bond acceptors (Lipinski definition) is 3. The molecule has 1 aliphatic rings. The topological polar surface area (TPSA) is 55.4 Å². The van der Waals surface area contributed by atoms with Crippen LogP contribution >= 0.6 is 7.29 Å². The summed E-state index contributed by atoms with van der Waals surface area (Å²) in [6.07, 6.45) is 3.09. The number of rotatable bonds is 6. The Morgan fingerprint density at radius 2 is 1.52 bits per heavy atom. The molecule has 5 heteroatoms. The molecule has 0 unspecified atom stereocenters. The molecule has 0 bridgehead atoms. The highest BCUT2D eigenvalue weighted by Crippen LogP contribution is 2.74. The van der Waals surface area contributed by atoms with Crippen molar-refractivity contribution >= 4 is 13.3 Å². The van der Waals surface area contributed by atoms with E-state index in [1.165, 1.54) is 6.08 Å². The highest BCUT2D eigenvalue weighted by Gasteiger charge is 2.47. The van der Waals surface area contributed by atoms with Crippen molar-refractivity contribution in [1.29, 1.82) is 0 Å². The molecule has 142 valence electrons. The van der Waals surface area contributed by atoms with Crippen molar-refractivity contribution < 1.29 is 14.1 Å². The van der Waals surface area contributed by atoms with Gasteiger partial charge in [-0.2, -0.15) is 0 Å². The van der Waals surface area contributed by atoms with Crippen LogP contribution in [0.4, 0.5) is 0 Å². The summed E-state index contributed by atoms with van der Waals surface area (Å²) in [4.78, 5) is 11.8. The van der Waals surface area contributed by atoms with Crippen LogP contribution in [-0.4, -0.2) is 12.6 Å². The lowest BCUT2D eigenvalue weighted by Crippen LogP contribution is -2.16. The van der Waals surface area contributed by atoms with E-state index in [9.17, 15) is 9.36 Å². The minimum atomic E-state index is -2.89. The van der Waals surface area contributed by atoms with Gasteiger partial charge in [0, 0.05) is 11.8 Å². The molecule has 4 nitrogen and oxygen atoms in total. The maximum Gasteiger partial charge on any atom is 0.332 e. The van der Waals surface area contributed by atoms with Crippen LogP contribution in [-0.2, 0) is 14.1 Å². The van der Waals surface area contributed by atoms with Crippen LogP contribution in [0.2, 0.25) is 0 Å². The van der Waals surface area contributed by atoms with Gasteiger partial charge in [0.1, 0.15) is 0 Å². The van der Waals surface area contributed by atoms with E-state index in [1.807, 2.05) is 60.7 Å². The minimum absolute atomic E-state index is 0.0746. The third-order valence-electron chi connectivity index (χ3n) is 4.98. The third-order valence-corrected chi connectivity index (χ3v) is 8.65. The predicted molar refractivity (Wildman–Crippen MR) is 109 cm³/mol. The van der Waals surface area contributed by atoms with Crippen LogP contribution in [0, 0.1) is 0 Å². The second kappa shape index (κ2) is 8.58. The van der Waals surface area contributed by atoms with Gasteiger partial charge in [-0.3, -0.25) is 4.57 Å². The number of nitrogens with one attached hydrogen (secondary N) is 1. The highest BCUT2D eigenvalue weighted by molar-refractivity contribution is 7.63. The van der Waals surface area contributed by atoms with Crippen LogP contribution in [0.25, 0.3) is 0 Å². The van der Waals surface area contributed by atoms with E-state index in [2.05, 4.69) is 5.09 Å². The van der Waals surface area contributed by atoms with E-state index in [0.717, 1.165) is 24.0 Å². The van der Waals surface area contributed by atoms with Gasteiger partial charge in [-0.15, -0.1) is 0 Å². The van der Waals surface area contributed by atoms with Crippen molar-refractivity contribution in [1.82, 2.24) is 5.09 Å². The summed E-state index contributed by atoms with van der Waals surface area (Å²) in [5.41, 5.74) is 2.59. The fraction of sp³-hybridized carbons (Fsp3) is 0.318. The van der Waals surface area contributed by atoms with Crippen LogP contribution in [0.5, 0.6) is 0 Å². The molecule has 0 spiro atoms. The van der Waals surface area contributed by atoms with Crippen LogP contribution in [0.3, 0.4) is 0 Å². The van der Waals surface area contributed by atoms with Crippen molar-refractivity contribution in [2.75, 3.05) is 6.61 Å². The summed E-state index contributed by atoms with van der Waals surface area (Å²) in [6, 6.07) is 20.0. The zero-order valence-electron chi connectivity index (χ0n) is 15.8. The molecule has 2 atom stereocenters. The largest absolute Gasteiger partial charge is 0.463 e. The van der Waals surface area contributed by atoms with Crippen molar-refractivity contribution in [2.24, 2.45) is 0 Å². The Morgan fingerprint density at radius 1 is 1.04 bits per heavy atom. The molecule has 0 radical (unpaired) electrons. The summed E-state index contributed by atoms with van der Waals surface area (Å²) in [5.74, 6) is -0.416. The van der Waals surface area contributed by atoms with Crippen LogP contribution < -0.4 is 5.09 Å². The standard InChI is InChI=1S/C22H26NO3P/c1-3-26-22(24)16-17(2)23-27(25)20(18-10-6-4-7-11-18)14-15-21(27)19-12-8-5-9-13-19/h4-13,16,20-21H,3,14-15H2,1-2H3,(H,23,25)/b17-16-/t20-,21-/m0/s1. The van der Waals surface area contributed by atoms with Gasteiger partial charge in [0.25, 0.3) is 0 Å². The Balaban J connectivity index is 1.97. The Morgan fingerprint density at radius 3 is 1.96 bits per heavy atom. The van der Waals surface area contributed by atoms with Crippen molar-refractivity contribution in [3.05, 3.63) is 83.6 Å². The highest BCUT2D eigenvalue weighted by atomic mass is 31.2. The fourth-order valence-electron chi connectivity index (χ4n) is 3.87. The lowest BCUT2D eigenvalue weighted by molar-refractivity contribution is -0.137. The monoisotopic (exact) mass is 383 g/mol. The molecule has 1 heterocycles. The second-order valence-corrected chi connectivity index (χ2v) is 9.72. The molecule has 1 N–H and O–H groups in total. The van der Waals surface area contributed by atoms with E-state index >= 15 is 0 Å². The lowest BCUT2D eigenvalue weighted by atomic mass is 10.0. The number of hydrogen-bond donors (Lipinski definition) is 1. The van der Waals surface area contributed by atoms with Crippen molar-refractivity contribution in [3.63, 3.8) is 0 Å². The van der Waals surface area contributed by atoms with E-state index in [4.69, 9.17) is 4.74 Å². The molecule has 0 aromatic heterocycles. The number of carbonyl (C=O) groups is 1. The molecule has 1 fully saturated rings. The summed E-state index contributed by atoms with van der Waals surface area (Å²) in [5, 5.41) is 3.26. The maximum absolute atomic E-state index is 14.3. The number of benzene rings is 2. The molecular formula is C22H26NO3P. The molecule has 2 aromatic carbocycles. The van der Waals surface area contributed by atoms with Gasteiger partial charge in [0.05, 0.1) is 17.9 Å². The average Bonchev–Trinajstić information content (AvgIpc) is 2.99. The van der Waals surface area contributed by atoms with Crippen molar-refractivity contribution in [3.8, 4) is 0 Å². The zero-order chi connectivity index (χ0) is 19.3. The fourth-order valence-corrected chi connectivity index (χ4v) is 7.52. The summed E-state index contributed by atoms with van der Waals surface area (Å²) >= 11 is 0. The third kappa shape index (κ3) is 4.33. The van der Waals surface area contributed by atoms with Gasteiger partial charge in [-0.05, 0) is 37.8 Å². The lowest BCUT2D eigenvalue weighted by Gasteiger charge is -2.28. The van der Waals surface area contributed by atoms with Gasteiger partial charge in [0.15, 0.2) is 7.29 Å². The smallest absolute Gasteiger partial charge is 0.332 e. The minimum Gasteiger partial charge on any atom is -0.463 e. The first-order valence-corrected chi connectivity index (χ1v) is 11.2. The van der Waals surface area contributed by atoms with Crippen molar-refractivity contribution in [2.45, 2.75) is 38.0 Å². The first-order valence-electron chi connectivity index (χ1n) is 9.37. The number of allylic oxidation sites excluding steroid dienone is 1.